The highest BCUT2D eigenvalue weighted by molar-refractivity contribution is 9.09. The van der Waals surface area contributed by atoms with Gasteiger partial charge in [-0.1, -0.05) is 15.9 Å². The van der Waals surface area contributed by atoms with Gasteiger partial charge in [-0.05, 0) is 0 Å². The number of hydrogen-bond donors (Lipinski definition) is 0. The molecule has 6 heteroatoms. The van der Waals surface area contributed by atoms with Crippen molar-refractivity contribution in [2.75, 3.05) is 0 Å². The van der Waals surface area contributed by atoms with Gasteiger partial charge in [0.25, 0.3) is 6.43 Å². The van der Waals surface area contributed by atoms with Gasteiger partial charge in [0.1, 0.15) is 9.83 Å². The van der Waals surface area contributed by atoms with Gasteiger partial charge in [-0.25, -0.2) is 13.8 Å². The van der Waals surface area contributed by atoms with Gasteiger partial charge in [0.2, 0.25) is 0 Å². The van der Waals surface area contributed by atoms with E-state index in [0.717, 1.165) is 11.3 Å². The lowest BCUT2D eigenvalue weighted by atomic mass is 10.5. The summed E-state index contributed by atoms with van der Waals surface area (Å²) in [5.41, 5.74) is 0. The van der Waals surface area contributed by atoms with E-state index in [9.17, 15) is 13.6 Å². The van der Waals surface area contributed by atoms with Crippen LogP contribution in [0.4, 0.5) is 8.78 Å². The zero-order valence-electron chi connectivity index (χ0n) is 5.71. The first-order valence-electron chi connectivity index (χ1n) is 2.98. The second-order valence-electron chi connectivity index (χ2n) is 1.95. The predicted molar refractivity (Wildman–Crippen MR) is 45.2 cm³/mol. The molecule has 1 atom stereocenters. The highest BCUT2D eigenvalue weighted by Gasteiger charge is 2.21. The van der Waals surface area contributed by atoms with Gasteiger partial charge in [0, 0.05) is 6.20 Å². The molecule has 0 aliphatic rings. The van der Waals surface area contributed by atoms with Crippen LogP contribution in [0, 0.1) is 0 Å². The summed E-state index contributed by atoms with van der Waals surface area (Å²) in [4.78, 5) is 13.1. The van der Waals surface area contributed by atoms with Gasteiger partial charge in [-0.15, -0.1) is 11.3 Å². The predicted octanol–water partition coefficient (Wildman–Crippen LogP) is 2.66. The van der Waals surface area contributed by atoms with Crippen LogP contribution in [0.15, 0.2) is 6.20 Å². The fourth-order valence-corrected chi connectivity index (χ4v) is 1.70. The fraction of sp³-hybridized carbons (Fsp3) is 0.333. The summed E-state index contributed by atoms with van der Waals surface area (Å²) < 4.78 is 24.1. The first-order valence-corrected chi connectivity index (χ1v) is 4.71. The minimum Gasteiger partial charge on any atom is -0.297 e. The molecule has 0 saturated carbocycles. The number of carbonyl (C=O) groups excluding carboxylic acids is 1. The molecule has 1 rings (SSSR count). The molecule has 0 fully saturated rings. The van der Waals surface area contributed by atoms with Crippen LogP contribution in [-0.4, -0.2) is 17.7 Å². The summed E-state index contributed by atoms with van der Waals surface area (Å²) in [6.45, 7) is 0. The van der Waals surface area contributed by atoms with E-state index < -0.39 is 11.3 Å². The number of nitrogens with zero attached hydrogens (tertiary/aromatic N) is 1. The maximum Gasteiger partial charge on any atom is 0.257 e. The van der Waals surface area contributed by atoms with Crippen LogP contribution in [0.3, 0.4) is 0 Å². The molecular formula is C6H4BrF2NOS. The van der Waals surface area contributed by atoms with E-state index in [2.05, 4.69) is 20.9 Å². The normalized spacial score (nSPS) is 13.3. The second kappa shape index (κ2) is 4.04. The van der Waals surface area contributed by atoms with Gasteiger partial charge in [-0.3, -0.25) is 4.79 Å². The molecule has 0 aliphatic carbocycles. The number of aromatic nitrogens is 1. The summed E-state index contributed by atoms with van der Waals surface area (Å²) in [5.74, 6) is 0. The molecule has 0 saturated heterocycles. The van der Waals surface area contributed by atoms with Crippen LogP contribution in [0.25, 0.3) is 0 Å². The molecule has 1 unspecified atom stereocenters. The van der Waals surface area contributed by atoms with Crippen LogP contribution in [0.5, 0.6) is 0 Å². The smallest absolute Gasteiger partial charge is 0.257 e. The van der Waals surface area contributed by atoms with E-state index in [1.807, 2.05) is 0 Å². The standard InChI is InChI=1S/C6H4BrF2NOS/c7-4(5(8)9)6-10-1-3(2-11)12-6/h1-2,4-5H. The molecule has 0 aliphatic heterocycles. The number of aldehydes is 1. The number of thiazole rings is 1. The molecule has 0 radical (unpaired) electrons. The first kappa shape index (κ1) is 9.73. The topological polar surface area (TPSA) is 30.0 Å². The van der Waals surface area contributed by atoms with Gasteiger partial charge in [-0.2, -0.15) is 0 Å². The zero-order valence-corrected chi connectivity index (χ0v) is 8.11. The largest absolute Gasteiger partial charge is 0.297 e. The Balaban J connectivity index is 2.81. The summed E-state index contributed by atoms with van der Waals surface area (Å²) in [7, 11) is 0. The maximum absolute atomic E-state index is 12.1. The van der Waals surface area contributed by atoms with Crippen molar-refractivity contribution in [1.82, 2.24) is 4.98 Å². The first-order chi connectivity index (χ1) is 5.65. The molecule has 12 heavy (non-hydrogen) atoms. The third-order valence-corrected chi connectivity index (χ3v) is 3.26. The quantitative estimate of drug-likeness (QED) is 0.614. The van der Waals surface area contributed by atoms with Crippen molar-refractivity contribution in [3.8, 4) is 0 Å². The Hall–Kier alpha value is -0.360. The minimum absolute atomic E-state index is 0.229. The van der Waals surface area contributed by atoms with Crippen LogP contribution < -0.4 is 0 Å². The van der Waals surface area contributed by atoms with E-state index in [0.29, 0.717) is 11.2 Å². The molecule has 0 spiro atoms. The third kappa shape index (κ3) is 2.07. The Labute approximate surface area is 79.7 Å². The average molecular weight is 256 g/mol. The van der Waals surface area contributed by atoms with E-state index in [1.54, 1.807) is 0 Å². The SMILES string of the molecule is O=Cc1cnc(C(Br)C(F)F)s1. The van der Waals surface area contributed by atoms with E-state index in [-0.39, 0.29) is 5.01 Å². The monoisotopic (exact) mass is 255 g/mol. The maximum atomic E-state index is 12.1. The van der Waals surface area contributed by atoms with Crippen LogP contribution in [0.1, 0.15) is 19.5 Å². The fourth-order valence-electron chi connectivity index (χ4n) is 0.590. The average Bonchev–Trinajstić information content (AvgIpc) is 2.50. The van der Waals surface area contributed by atoms with E-state index in [4.69, 9.17) is 0 Å². The molecule has 66 valence electrons. The summed E-state index contributed by atoms with van der Waals surface area (Å²) >= 11 is 3.74. The molecule has 0 N–H and O–H groups in total. The van der Waals surface area contributed by atoms with Crippen molar-refractivity contribution in [3.05, 3.63) is 16.1 Å². The Morgan fingerprint density at radius 3 is 2.75 bits per heavy atom. The van der Waals surface area contributed by atoms with Crippen molar-refractivity contribution < 1.29 is 13.6 Å². The van der Waals surface area contributed by atoms with Gasteiger partial charge in [0.15, 0.2) is 6.29 Å². The van der Waals surface area contributed by atoms with Crippen molar-refractivity contribution >= 4 is 33.6 Å². The minimum atomic E-state index is -2.50. The summed E-state index contributed by atoms with van der Waals surface area (Å²) in [6, 6.07) is 0. The number of alkyl halides is 3. The molecule has 0 bridgehead atoms. The highest BCUT2D eigenvalue weighted by Crippen LogP contribution is 2.31. The van der Waals surface area contributed by atoms with Crippen molar-refractivity contribution in [2.45, 2.75) is 11.3 Å². The summed E-state index contributed by atoms with van der Waals surface area (Å²) in [6.07, 6.45) is -0.633. The molecular weight excluding hydrogens is 252 g/mol. The Morgan fingerprint density at radius 2 is 2.33 bits per heavy atom. The van der Waals surface area contributed by atoms with Gasteiger partial charge in [0.05, 0.1) is 4.88 Å². The Kier molecular flexibility index (Phi) is 3.28. The lowest BCUT2D eigenvalue weighted by molar-refractivity contribution is 0.112. The van der Waals surface area contributed by atoms with Crippen LogP contribution in [-0.2, 0) is 0 Å². The second-order valence-corrected chi connectivity index (χ2v) is 4.04. The lowest BCUT2D eigenvalue weighted by Crippen LogP contribution is -1.99. The van der Waals surface area contributed by atoms with E-state index in [1.165, 1.54) is 6.20 Å². The number of rotatable bonds is 3. The molecule has 1 aromatic rings. The Bertz CT molecular complexity index is 278. The summed E-state index contributed by atoms with van der Waals surface area (Å²) in [5, 5.41) is 0.229. The third-order valence-electron chi connectivity index (χ3n) is 1.11. The molecule has 2 nitrogen and oxygen atoms in total. The number of carbonyl (C=O) groups is 1. The number of halogens is 3. The van der Waals surface area contributed by atoms with Gasteiger partial charge < -0.3 is 0 Å². The lowest BCUT2D eigenvalue weighted by Gasteiger charge is -2.02. The molecule has 1 aromatic heterocycles. The molecule has 0 amide bonds. The Morgan fingerprint density at radius 1 is 1.67 bits per heavy atom. The number of hydrogen-bond acceptors (Lipinski definition) is 3. The van der Waals surface area contributed by atoms with Crippen molar-refractivity contribution in [1.29, 1.82) is 0 Å². The van der Waals surface area contributed by atoms with E-state index >= 15 is 0 Å². The van der Waals surface area contributed by atoms with Crippen molar-refractivity contribution in [2.24, 2.45) is 0 Å². The van der Waals surface area contributed by atoms with Crippen LogP contribution in [0.2, 0.25) is 0 Å². The molecule has 0 aromatic carbocycles. The zero-order chi connectivity index (χ0) is 9.14. The molecule has 1 heterocycles. The van der Waals surface area contributed by atoms with Gasteiger partial charge >= 0.3 is 0 Å². The highest BCUT2D eigenvalue weighted by atomic mass is 79.9. The van der Waals surface area contributed by atoms with Crippen molar-refractivity contribution in [3.63, 3.8) is 0 Å². The van der Waals surface area contributed by atoms with Crippen LogP contribution >= 0.6 is 27.3 Å².